The second-order valence-corrected chi connectivity index (χ2v) is 5.61. The maximum atomic E-state index is 12.9. The first-order valence-corrected chi connectivity index (χ1v) is 6.81. The first kappa shape index (κ1) is 17.2. The highest BCUT2D eigenvalue weighted by atomic mass is 35.5. The lowest BCUT2D eigenvalue weighted by Gasteiger charge is -2.26. The summed E-state index contributed by atoms with van der Waals surface area (Å²) in [6, 6.07) is 5.63. The number of allylic oxidation sites excluding steroid dienone is 2. The van der Waals surface area contributed by atoms with Crippen molar-refractivity contribution in [1.29, 1.82) is 0 Å². The summed E-state index contributed by atoms with van der Waals surface area (Å²) in [5.41, 5.74) is -1.07. The van der Waals surface area contributed by atoms with Gasteiger partial charge in [-0.2, -0.15) is 13.2 Å². The number of carbonyl (C=O) groups excluding carboxylic acids is 1. The number of amides is 1. The Bertz CT molecular complexity index is 722. The number of rotatable bonds is 3. The van der Waals surface area contributed by atoms with Gasteiger partial charge in [0, 0.05) is 11.1 Å². The summed E-state index contributed by atoms with van der Waals surface area (Å²) in [7, 11) is 1.23. The molecular formula is C15H12ClF3NO3+. The lowest BCUT2D eigenvalue weighted by atomic mass is 10.1. The normalized spacial score (nSPS) is 20.9. The number of nitrogens with zero attached hydrogens (tertiary/aromatic N) is 1. The van der Waals surface area contributed by atoms with Crippen molar-refractivity contribution in [2.24, 2.45) is 0 Å². The zero-order valence-corrected chi connectivity index (χ0v) is 12.6. The molecule has 1 aromatic carbocycles. The van der Waals surface area contributed by atoms with Gasteiger partial charge in [-0.3, -0.25) is 4.79 Å². The second-order valence-electron chi connectivity index (χ2n) is 5.18. The monoisotopic (exact) mass is 346 g/mol. The lowest BCUT2D eigenvalue weighted by molar-refractivity contribution is -0.731. The van der Waals surface area contributed by atoms with Crippen LogP contribution < -0.4 is 0 Å². The van der Waals surface area contributed by atoms with Crippen molar-refractivity contribution in [3.05, 3.63) is 58.4 Å². The molecule has 2 rings (SSSR count). The fourth-order valence-corrected chi connectivity index (χ4v) is 2.41. The second kappa shape index (κ2) is 5.82. The van der Waals surface area contributed by atoms with E-state index in [0.717, 1.165) is 6.20 Å². The van der Waals surface area contributed by atoms with Crippen LogP contribution >= 0.6 is 11.6 Å². The van der Waals surface area contributed by atoms with Crippen LogP contribution in [0.3, 0.4) is 0 Å². The fourth-order valence-electron chi connectivity index (χ4n) is 2.29. The van der Waals surface area contributed by atoms with Crippen LogP contribution in [0.25, 0.3) is 0 Å². The highest BCUT2D eigenvalue weighted by Crippen LogP contribution is 2.38. The smallest absolute Gasteiger partial charge is 0.421 e. The first-order chi connectivity index (χ1) is 10.5. The van der Waals surface area contributed by atoms with Gasteiger partial charge >= 0.3 is 18.1 Å². The van der Waals surface area contributed by atoms with Gasteiger partial charge in [0.1, 0.15) is 23.9 Å². The Morgan fingerprint density at radius 1 is 1.22 bits per heavy atom. The number of hydrogen-bond donors (Lipinski definition) is 1. The van der Waals surface area contributed by atoms with Gasteiger partial charge in [-0.15, -0.1) is 0 Å². The molecule has 122 valence electrons. The lowest BCUT2D eigenvalue weighted by Crippen LogP contribution is -2.42. The molecular weight excluding hydrogens is 335 g/mol. The number of aliphatic carboxylic acids is 1. The van der Waals surface area contributed by atoms with Crippen molar-refractivity contribution in [2.45, 2.75) is 12.6 Å². The minimum absolute atomic E-state index is 0.132. The standard InChI is InChI=1S/C15H11ClF3NO3/c1-20(14(23)9-2-4-11(16)5-3-9)8-10(15(17,18)19)6-12(20)7-13(21)22/h2-6,8H,7H2,1H3/p+1. The predicted molar refractivity (Wildman–Crippen MR) is 76.4 cm³/mol. The van der Waals surface area contributed by atoms with Crippen molar-refractivity contribution in [1.82, 2.24) is 0 Å². The Hall–Kier alpha value is -2.12. The Balaban J connectivity index is 2.48. The molecule has 1 aliphatic heterocycles. The molecule has 0 aliphatic carbocycles. The molecule has 0 fully saturated rings. The van der Waals surface area contributed by atoms with Crippen LogP contribution in [-0.2, 0) is 4.79 Å². The van der Waals surface area contributed by atoms with Crippen LogP contribution in [-0.4, -0.2) is 34.7 Å². The van der Waals surface area contributed by atoms with Gasteiger partial charge in [-0.05, 0) is 24.3 Å². The van der Waals surface area contributed by atoms with Crippen LogP contribution in [0.4, 0.5) is 13.2 Å². The van der Waals surface area contributed by atoms with Crippen LogP contribution in [0.15, 0.2) is 47.8 Å². The zero-order chi connectivity index (χ0) is 17.4. The number of benzene rings is 1. The van der Waals surface area contributed by atoms with Crippen molar-refractivity contribution in [3.8, 4) is 0 Å². The molecule has 1 heterocycles. The Morgan fingerprint density at radius 2 is 1.78 bits per heavy atom. The topological polar surface area (TPSA) is 54.4 Å². The Kier molecular flexibility index (Phi) is 4.37. The largest absolute Gasteiger partial charge is 0.481 e. The van der Waals surface area contributed by atoms with E-state index in [4.69, 9.17) is 16.7 Å². The molecule has 0 spiro atoms. The maximum absolute atomic E-state index is 12.9. The van der Waals surface area contributed by atoms with Gasteiger partial charge < -0.3 is 5.11 Å². The van der Waals surface area contributed by atoms with Crippen LogP contribution in [0, 0.1) is 0 Å². The van der Waals surface area contributed by atoms with Gasteiger partial charge in [-0.1, -0.05) is 11.6 Å². The molecule has 1 N–H and O–H groups in total. The third-order valence-corrected chi connectivity index (χ3v) is 3.74. The molecule has 23 heavy (non-hydrogen) atoms. The molecule has 1 unspecified atom stereocenters. The van der Waals surface area contributed by atoms with Crippen LogP contribution in [0.1, 0.15) is 16.8 Å². The van der Waals surface area contributed by atoms with Crippen molar-refractivity contribution in [3.63, 3.8) is 0 Å². The van der Waals surface area contributed by atoms with E-state index in [1.165, 1.54) is 31.3 Å². The van der Waals surface area contributed by atoms with Crippen LogP contribution in [0.5, 0.6) is 0 Å². The molecule has 1 aliphatic rings. The number of carboxylic acids is 1. The van der Waals surface area contributed by atoms with E-state index < -0.39 is 34.5 Å². The van der Waals surface area contributed by atoms with Crippen molar-refractivity contribution in [2.75, 3.05) is 7.05 Å². The molecule has 0 saturated carbocycles. The molecule has 0 radical (unpaired) electrons. The summed E-state index contributed by atoms with van der Waals surface area (Å²) in [5.74, 6) is -1.99. The molecule has 4 nitrogen and oxygen atoms in total. The molecule has 1 amide bonds. The SMILES string of the molecule is C[N+]1(C(=O)c2ccc(Cl)cc2)C=C(C(F)(F)F)C=C1CC(=O)O. The van der Waals surface area contributed by atoms with E-state index in [2.05, 4.69) is 0 Å². The molecule has 0 bridgehead atoms. The fraction of sp³-hybridized carbons (Fsp3) is 0.200. The van der Waals surface area contributed by atoms with Crippen molar-refractivity contribution < 1.29 is 32.3 Å². The molecule has 1 atom stereocenters. The number of quaternary nitrogens is 1. The first-order valence-electron chi connectivity index (χ1n) is 6.43. The third-order valence-electron chi connectivity index (χ3n) is 3.49. The summed E-state index contributed by atoms with van der Waals surface area (Å²) in [5, 5.41) is 9.27. The van der Waals surface area contributed by atoms with E-state index in [9.17, 15) is 22.8 Å². The highest BCUT2D eigenvalue weighted by molar-refractivity contribution is 6.30. The van der Waals surface area contributed by atoms with Gasteiger partial charge in [-0.25, -0.2) is 9.28 Å². The summed E-state index contributed by atoms with van der Waals surface area (Å²) in [4.78, 5) is 23.5. The summed E-state index contributed by atoms with van der Waals surface area (Å²) in [6.45, 7) is 0. The zero-order valence-electron chi connectivity index (χ0n) is 11.9. The van der Waals surface area contributed by atoms with E-state index in [1.54, 1.807) is 0 Å². The van der Waals surface area contributed by atoms with E-state index >= 15 is 0 Å². The van der Waals surface area contributed by atoms with Gasteiger partial charge in [0.15, 0.2) is 0 Å². The Morgan fingerprint density at radius 3 is 2.26 bits per heavy atom. The minimum atomic E-state index is -4.67. The molecule has 0 saturated heterocycles. The summed E-state index contributed by atoms with van der Waals surface area (Å²) >= 11 is 5.73. The van der Waals surface area contributed by atoms with E-state index in [-0.39, 0.29) is 11.3 Å². The number of carboxylic acid groups (broad SMARTS) is 1. The summed E-state index contributed by atoms with van der Waals surface area (Å²) in [6.07, 6.45) is -3.91. The molecule has 8 heteroatoms. The van der Waals surface area contributed by atoms with E-state index in [1.807, 2.05) is 0 Å². The number of hydrogen-bond acceptors (Lipinski definition) is 2. The molecule has 0 aromatic heterocycles. The average Bonchev–Trinajstić information content (AvgIpc) is 2.77. The predicted octanol–water partition coefficient (Wildman–Crippen LogP) is 3.75. The maximum Gasteiger partial charge on any atom is 0.421 e. The van der Waals surface area contributed by atoms with Gasteiger partial charge in [0.2, 0.25) is 0 Å². The quantitative estimate of drug-likeness (QED) is 0.848. The Labute approximate surface area is 134 Å². The van der Waals surface area contributed by atoms with E-state index in [0.29, 0.717) is 11.1 Å². The van der Waals surface area contributed by atoms with Crippen LogP contribution in [0.2, 0.25) is 5.02 Å². The highest BCUT2D eigenvalue weighted by Gasteiger charge is 2.47. The number of carbonyl (C=O) groups is 2. The van der Waals surface area contributed by atoms with Gasteiger partial charge in [0.25, 0.3) is 0 Å². The van der Waals surface area contributed by atoms with Gasteiger partial charge in [0.05, 0.1) is 12.6 Å². The minimum Gasteiger partial charge on any atom is -0.481 e. The van der Waals surface area contributed by atoms with Crippen molar-refractivity contribution >= 4 is 23.5 Å². The molecule has 1 aromatic rings. The number of alkyl halides is 3. The number of halogens is 4. The average molecular weight is 347 g/mol. The summed E-state index contributed by atoms with van der Waals surface area (Å²) < 4.78 is 37.9. The third kappa shape index (κ3) is 3.46.